The number of hydrogen-bond acceptors (Lipinski definition) is 43. The minimum Gasteiger partial charge on any atom is -0.458 e. The number of benzene rings is 1. The number of carbonyl (C=O) groups is 9. The Balaban J connectivity index is 0.652. The van der Waals surface area contributed by atoms with Gasteiger partial charge in [-0.1, -0.05) is 46.0 Å². The summed E-state index contributed by atoms with van der Waals surface area (Å²) >= 11 is 0. The SMILES string of the molecule is CC(=O)N[C@H]1[C@H]2OC[C@](COCCOCCOCCOCCn3cc(COCC(COCc4cn(CCOCCOCCOCCOC[C@@]56CO[C@@H](O5)[C@H](NC(C)=O)[C@@H](OC(C)=O)[C@H]6OC(C)=O)nn4)(COCc4cn(CCOCCOCCOCCOC[C@]56CO[C@H](C[C@@H](OC(C)=O)[C@H]5OC(C)=O)O6)nn4)NC(=O)CCCOCc4ccccc4)nn3)(O2)[C@H](OC(C)=O)[C@@H]1OC(C)=O. The van der Waals surface area contributed by atoms with Crippen LogP contribution in [0.25, 0.3) is 0 Å². The molecule has 49 heteroatoms. The van der Waals surface area contributed by atoms with Gasteiger partial charge in [-0.2, -0.15) is 0 Å². The third-order valence-electron chi connectivity index (χ3n) is 20.9. The fraction of sp³-hybridized carbons (Fsp3) is 0.753. The average Bonchev–Trinajstić information content (AvgIpc) is 1.56. The van der Waals surface area contributed by atoms with E-state index in [1.165, 1.54) is 55.4 Å². The van der Waals surface area contributed by atoms with Crippen LogP contribution in [0.4, 0.5) is 0 Å². The summed E-state index contributed by atoms with van der Waals surface area (Å²) < 4.78 is 168. The van der Waals surface area contributed by atoms with Gasteiger partial charge in [0, 0.05) is 74.8 Å². The predicted molar refractivity (Wildman–Crippen MR) is 449 cm³/mol. The van der Waals surface area contributed by atoms with Gasteiger partial charge in [0.05, 0.1) is 263 Å². The first-order valence-electron chi connectivity index (χ1n) is 44.5. The quantitative estimate of drug-likeness (QED) is 0.0266. The molecule has 6 saturated heterocycles. The highest BCUT2D eigenvalue weighted by Crippen LogP contribution is 2.44. The molecule has 4 aromatic rings. The van der Waals surface area contributed by atoms with E-state index in [1.807, 2.05) is 30.3 Å². The Morgan fingerprint density at radius 2 is 0.724 bits per heavy atom. The normalized spacial score (nSPS) is 24.3. The number of fused-ring (bicyclic) bond motifs is 6. The van der Waals surface area contributed by atoms with E-state index in [-0.39, 0.29) is 210 Å². The zero-order chi connectivity index (χ0) is 95.4. The number of hydrogen-bond donors (Lipinski definition) is 3. The lowest BCUT2D eigenvalue weighted by atomic mass is 9.87. The van der Waals surface area contributed by atoms with Gasteiger partial charge in [0.15, 0.2) is 66.2 Å². The van der Waals surface area contributed by atoms with E-state index in [0.29, 0.717) is 82.8 Å². The molecule has 0 unspecified atom stereocenters. The number of amides is 3. The largest absolute Gasteiger partial charge is 0.458 e. The standard InChI is InChI=1S/C85H128N12O37/c1-58(98)86-73-75(127-61(4)101)78(130-64(7)104)84(56-124-80(73)133-84)53-118-39-36-114-33-30-111-27-24-108-21-17-96-43-68(90-93-96)47-121-50-82(88-71(106)15-12-19-116-45-66-13-10-9-11-14-66,49-120-46-67-42-95(92-89-67)16-20-107-23-26-110-29-32-113-35-38-117-52-83-55-123-72(132-83)41-70(126-60(3)100)77(83)129-63(6)103)51-122-48-69-44-97(94-91-69)18-22-109-25-28-112-31-34-115-37-40-119-54-85-57-125-81(134-85)74(87-59(2)99)76(128-62(5)102)79(85)131-65(8)105/h9-11,13-14,42-44,70,72-81H,12,15-41,45-57H2,1-8H3,(H,86,98)(H,87,99)(H,88,106)/t70-,72+,73-,74-,75-,76-,77-,78-,79-,80+,81+,83+,84+,85+/m1/s1. The van der Waals surface area contributed by atoms with Crippen molar-refractivity contribution in [3.05, 3.63) is 71.6 Å². The van der Waals surface area contributed by atoms with Gasteiger partial charge in [0.2, 0.25) is 17.7 Å². The smallest absolute Gasteiger partial charge is 0.303 e. The molecule has 0 aliphatic carbocycles. The van der Waals surface area contributed by atoms with Crippen molar-refractivity contribution in [2.45, 2.75) is 211 Å². The minimum atomic E-state index is -1.33. The molecule has 3 N–H and O–H groups in total. The van der Waals surface area contributed by atoms with E-state index < -0.39 is 138 Å². The lowest BCUT2D eigenvalue weighted by Gasteiger charge is -2.45. The van der Waals surface area contributed by atoms with E-state index in [2.05, 4.69) is 46.9 Å². The first-order valence-corrected chi connectivity index (χ1v) is 44.5. The molecular weight excluding hydrogens is 1780 g/mol. The number of ether oxygens (including phenoxy) is 28. The van der Waals surface area contributed by atoms with Crippen LogP contribution in [0.3, 0.4) is 0 Å². The number of aromatic nitrogens is 9. The molecule has 6 aliphatic heterocycles. The maximum Gasteiger partial charge on any atom is 0.303 e. The van der Waals surface area contributed by atoms with Gasteiger partial charge in [-0.25, -0.2) is 14.0 Å². The molecule has 6 aliphatic rings. The molecule has 0 radical (unpaired) electrons. The highest BCUT2D eigenvalue weighted by atomic mass is 16.8. The summed E-state index contributed by atoms with van der Waals surface area (Å²) in [5, 5.41) is 34.4. The van der Waals surface area contributed by atoms with Crippen LogP contribution < -0.4 is 16.0 Å². The monoisotopic (exact) mass is 1910 g/mol. The second-order valence-electron chi connectivity index (χ2n) is 32.3. The van der Waals surface area contributed by atoms with E-state index >= 15 is 0 Å². The van der Waals surface area contributed by atoms with Crippen molar-refractivity contribution in [2.75, 3.05) is 205 Å². The lowest BCUT2D eigenvalue weighted by molar-refractivity contribution is -0.251. The van der Waals surface area contributed by atoms with Gasteiger partial charge in [0.25, 0.3) is 0 Å². The summed E-state index contributed by atoms with van der Waals surface area (Å²) in [6.07, 6.45) is -2.89. The maximum absolute atomic E-state index is 14.2. The highest BCUT2D eigenvalue weighted by molar-refractivity contribution is 5.77. The van der Waals surface area contributed by atoms with Crippen LogP contribution >= 0.6 is 0 Å². The first kappa shape index (κ1) is 107. The fourth-order valence-electron chi connectivity index (χ4n) is 15.2. The van der Waals surface area contributed by atoms with Crippen LogP contribution in [-0.4, -0.2) is 393 Å². The summed E-state index contributed by atoms with van der Waals surface area (Å²) in [4.78, 5) is 111. The Hall–Kier alpha value is -9.01. The summed E-state index contributed by atoms with van der Waals surface area (Å²) in [5.74, 6) is -4.86. The van der Waals surface area contributed by atoms with Gasteiger partial charge in [-0.05, 0) is 12.0 Å². The Morgan fingerprint density at radius 3 is 1.09 bits per heavy atom. The Kier molecular flexibility index (Phi) is 45.2. The van der Waals surface area contributed by atoms with Crippen LogP contribution in [0, 0.1) is 0 Å². The second kappa shape index (κ2) is 56.6. The van der Waals surface area contributed by atoms with Crippen LogP contribution in [-0.2, 0) is 222 Å². The van der Waals surface area contributed by atoms with Crippen molar-refractivity contribution in [3.63, 3.8) is 0 Å². The topological polar surface area (TPSA) is 540 Å². The molecule has 9 heterocycles. The van der Waals surface area contributed by atoms with Gasteiger partial charge in [-0.15, -0.1) is 15.3 Å². The lowest BCUT2D eigenvalue weighted by Crippen LogP contribution is -2.68. The number of nitrogens with one attached hydrogen (secondary N) is 3. The van der Waals surface area contributed by atoms with Crippen molar-refractivity contribution in [3.8, 4) is 0 Å². The third-order valence-corrected chi connectivity index (χ3v) is 20.9. The third kappa shape index (κ3) is 35.8. The molecule has 750 valence electrons. The van der Waals surface area contributed by atoms with Crippen molar-refractivity contribution >= 4 is 53.5 Å². The maximum atomic E-state index is 14.2. The predicted octanol–water partition coefficient (Wildman–Crippen LogP) is -1.17. The molecule has 14 atom stereocenters. The fourth-order valence-corrected chi connectivity index (χ4v) is 15.2. The summed E-state index contributed by atoms with van der Waals surface area (Å²) in [5.41, 5.74) is -2.66. The molecule has 10 rings (SSSR count). The Morgan fingerprint density at radius 1 is 0.381 bits per heavy atom. The van der Waals surface area contributed by atoms with Crippen molar-refractivity contribution < 1.29 is 176 Å². The zero-order valence-corrected chi connectivity index (χ0v) is 77.1. The van der Waals surface area contributed by atoms with Gasteiger partial charge >= 0.3 is 35.8 Å². The number of nitrogens with zero attached hydrogens (tertiary/aromatic N) is 9. The molecule has 1 aromatic carbocycles. The molecule has 49 nitrogen and oxygen atoms in total. The minimum absolute atomic E-state index is 0.0157. The summed E-state index contributed by atoms with van der Waals surface area (Å²) in [7, 11) is 0. The van der Waals surface area contributed by atoms with Crippen LogP contribution in [0.1, 0.15) is 97.3 Å². The average molecular weight is 1910 g/mol. The molecule has 0 saturated carbocycles. The van der Waals surface area contributed by atoms with Gasteiger partial charge < -0.3 is 149 Å². The van der Waals surface area contributed by atoms with Crippen molar-refractivity contribution in [2.24, 2.45) is 0 Å². The first-order chi connectivity index (χ1) is 64.8. The Bertz CT molecular complexity index is 4050. The number of esters is 6. The van der Waals surface area contributed by atoms with Crippen LogP contribution in [0.2, 0.25) is 0 Å². The molecule has 3 amide bonds. The van der Waals surface area contributed by atoms with Crippen LogP contribution in [0.5, 0.6) is 0 Å². The van der Waals surface area contributed by atoms with Gasteiger partial charge in [-0.3, -0.25) is 43.2 Å². The Labute approximate surface area is 774 Å². The van der Waals surface area contributed by atoms with Crippen molar-refractivity contribution in [1.29, 1.82) is 0 Å². The van der Waals surface area contributed by atoms with Crippen LogP contribution in [0.15, 0.2) is 48.9 Å². The number of rotatable bonds is 69. The summed E-state index contributed by atoms with van der Waals surface area (Å²) in [6.45, 7) is 16.3. The van der Waals surface area contributed by atoms with E-state index in [0.717, 1.165) is 5.56 Å². The molecule has 6 bridgehead atoms. The van der Waals surface area contributed by atoms with Crippen molar-refractivity contribution in [1.82, 2.24) is 60.9 Å². The summed E-state index contributed by atoms with van der Waals surface area (Å²) in [6, 6.07) is 7.82. The van der Waals surface area contributed by atoms with E-state index in [4.69, 9.17) is 133 Å². The van der Waals surface area contributed by atoms with E-state index in [9.17, 15) is 43.2 Å². The number of carbonyl (C=O) groups excluding carboxylic acids is 9. The molecular formula is C85H128N12O37. The second-order valence-corrected chi connectivity index (χ2v) is 32.3. The zero-order valence-electron chi connectivity index (χ0n) is 77.1. The van der Waals surface area contributed by atoms with Gasteiger partial charge in [0.1, 0.15) is 40.8 Å². The molecule has 3 aromatic heterocycles. The molecule has 6 fully saturated rings. The molecule has 134 heavy (non-hydrogen) atoms. The van der Waals surface area contributed by atoms with E-state index in [1.54, 1.807) is 32.6 Å². The molecule has 0 spiro atoms. The highest BCUT2D eigenvalue weighted by Gasteiger charge is 2.66.